The van der Waals surface area contributed by atoms with Gasteiger partial charge in [0.25, 0.3) is 0 Å². The van der Waals surface area contributed by atoms with Crippen LogP contribution in [0.25, 0.3) is 0 Å². The van der Waals surface area contributed by atoms with Crippen LogP contribution < -0.4 is 10.1 Å². The van der Waals surface area contributed by atoms with Crippen LogP contribution in [0.15, 0.2) is 100 Å². The van der Waals surface area contributed by atoms with Gasteiger partial charge in [0.15, 0.2) is 0 Å². The Bertz CT molecular complexity index is 1550. The van der Waals surface area contributed by atoms with E-state index in [4.69, 9.17) is 9.73 Å². The third kappa shape index (κ3) is 5.58. The minimum absolute atomic E-state index is 0.286. The zero-order chi connectivity index (χ0) is 26.9. The van der Waals surface area contributed by atoms with Gasteiger partial charge in [0.05, 0.1) is 11.7 Å². The van der Waals surface area contributed by atoms with E-state index in [2.05, 4.69) is 115 Å². The van der Waals surface area contributed by atoms with E-state index in [1.54, 1.807) is 0 Å². The molecule has 0 amide bonds. The van der Waals surface area contributed by atoms with Gasteiger partial charge in [-0.25, -0.2) is 0 Å². The number of anilines is 1. The smallest absolute Gasteiger partial charge is 0.128 e. The average molecular weight is 578 g/mol. The van der Waals surface area contributed by atoms with E-state index in [0.29, 0.717) is 18.4 Å². The van der Waals surface area contributed by atoms with E-state index in [9.17, 15) is 0 Å². The van der Waals surface area contributed by atoms with Crippen LogP contribution in [0.3, 0.4) is 0 Å². The summed E-state index contributed by atoms with van der Waals surface area (Å²) in [7, 11) is 0. The summed E-state index contributed by atoms with van der Waals surface area (Å²) >= 11 is 3.60. The second kappa shape index (κ2) is 10.9. The molecule has 0 saturated carbocycles. The van der Waals surface area contributed by atoms with Crippen LogP contribution in [0.2, 0.25) is 0 Å². The largest absolute Gasteiger partial charge is 0.488 e. The maximum absolute atomic E-state index is 6.22. The fraction of sp³-hybridized carbons (Fsp3) is 0.229. The van der Waals surface area contributed by atoms with Crippen LogP contribution in [0.5, 0.6) is 5.75 Å². The molecule has 1 heterocycles. The maximum atomic E-state index is 6.22. The SMILES string of the molecule is Cc1cc(C)cc(COc2ccc(Br)cc2C=Nc2ccc([C@@H]3Nc4ccc(C)cc4[C@@H]4C=CC[C@@H]43)cc2)c1. The molecule has 4 aromatic rings. The number of aliphatic imine (C=N–C) groups is 1. The van der Waals surface area contributed by atoms with Gasteiger partial charge < -0.3 is 10.1 Å². The van der Waals surface area contributed by atoms with E-state index in [0.717, 1.165) is 27.9 Å². The van der Waals surface area contributed by atoms with Crippen molar-refractivity contribution in [2.24, 2.45) is 10.9 Å². The van der Waals surface area contributed by atoms with E-state index in [-0.39, 0.29) is 6.04 Å². The Hall–Kier alpha value is -3.63. The van der Waals surface area contributed by atoms with Gasteiger partial charge in [0.2, 0.25) is 0 Å². The first kappa shape index (κ1) is 25.6. The van der Waals surface area contributed by atoms with Crippen LogP contribution in [-0.4, -0.2) is 6.21 Å². The number of fused-ring (bicyclic) bond motifs is 3. The predicted octanol–water partition coefficient (Wildman–Crippen LogP) is 9.53. The van der Waals surface area contributed by atoms with E-state index in [1.165, 1.54) is 39.1 Å². The number of hydrogen-bond donors (Lipinski definition) is 1. The number of nitrogens with zero attached hydrogens (tertiary/aromatic N) is 1. The van der Waals surface area contributed by atoms with Crippen molar-refractivity contribution in [1.29, 1.82) is 0 Å². The molecule has 3 atom stereocenters. The van der Waals surface area contributed by atoms with Gasteiger partial charge in [-0.05, 0) is 86.2 Å². The van der Waals surface area contributed by atoms with Crippen LogP contribution in [0.4, 0.5) is 11.4 Å². The molecule has 3 nitrogen and oxygen atoms in total. The minimum Gasteiger partial charge on any atom is -0.488 e. The Morgan fingerprint density at radius 1 is 0.897 bits per heavy atom. The van der Waals surface area contributed by atoms with Crippen molar-refractivity contribution in [3.63, 3.8) is 0 Å². The second-order valence-electron chi connectivity index (χ2n) is 10.9. The number of rotatable bonds is 6. The van der Waals surface area contributed by atoms with E-state index >= 15 is 0 Å². The minimum atomic E-state index is 0.286. The zero-order valence-corrected chi connectivity index (χ0v) is 24.2. The molecular formula is C35H33BrN2O. The summed E-state index contributed by atoms with van der Waals surface area (Å²) < 4.78 is 7.22. The first-order valence-corrected chi connectivity index (χ1v) is 14.4. The fourth-order valence-corrected chi connectivity index (χ4v) is 6.40. The molecule has 1 aliphatic carbocycles. The molecule has 0 saturated heterocycles. The van der Waals surface area contributed by atoms with Crippen LogP contribution in [-0.2, 0) is 6.61 Å². The number of hydrogen-bond acceptors (Lipinski definition) is 3. The molecule has 4 aromatic carbocycles. The number of allylic oxidation sites excluding steroid dienone is 2. The first-order valence-electron chi connectivity index (χ1n) is 13.6. The second-order valence-corrected chi connectivity index (χ2v) is 11.8. The number of aryl methyl sites for hydroxylation is 3. The average Bonchev–Trinajstić information content (AvgIpc) is 3.41. The first-order chi connectivity index (χ1) is 18.9. The number of benzene rings is 4. The number of halogens is 1. The van der Waals surface area contributed by atoms with Crippen molar-refractivity contribution >= 4 is 33.5 Å². The molecule has 6 rings (SSSR count). The Morgan fingerprint density at radius 2 is 1.69 bits per heavy atom. The molecule has 0 bridgehead atoms. The molecule has 0 fully saturated rings. The van der Waals surface area contributed by atoms with Crippen molar-refractivity contribution < 1.29 is 4.74 Å². The summed E-state index contributed by atoms with van der Waals surface area (Å²) in [5.74, 6) is 1.83. The molecule has 1 N–H and O–H groups in total. The van der Waals surface area contributed by atoms with Gasteiger partial charge in [0, 0.05) is 27.9 Å². The highest BCUT2D eigenvalue weighted by molar-refractivity contribution is 9.10. The highest BCUT2D eigenvalue weighted by Crippen LogP contribution is 2.50. The van der Waals surface area contributed by atoms with Crippen LogP contribution in [0, 0.1) is 26.7 Å². The highest BCUT2D eigenvalue weighted by Gasteiger charge is 2.37. The zero-order valence-electron chi connectivity index (χ0n) is 22.6. The van der Waals surface area contributed by atoms with E-state index < -0.39 is 0 Å². The van der Waals surface area contributed by atoms with Gasteiger partial charge in [0.1, 0.15) is 12.4 Å². The molecule has 0 unspecified atom stereocenters. The highest BCUT2D eigenvalue weighted by atomic mass is 79.9. The number of nitrogens with one attached hydrogen (secondary N) is 1. The molecule has 4 heteroatoms. The summed E-state index contributed by atoms with van der Waals surface area (Å²) in [4.78, 5) is 4.80. The Morgan fingerprint density at radius 3 is 2.49 bits per heavy atom. The predicted molar refractivity (Wildman–Crippen MR) is 166 cm³/mol. The molecule has 39 heavy (non-hydrogen) atoms. The molecule has 0 radical (unpaired) electrons. The van der Waals surface area contributed by atoms with Crippen molar-refractivity contribution in [3.05, 3.63) is 134 Å². The van der Waals surface area contributed by atoms with Crippen molar-refractivity contribution in [2.45, 2.75) is 45.8 Å². The Balaban J connectivity index is 1.19. The van der Waals surface area contributed by atoms with Gasteiger partial charge in [-0.15, -0.1) is 0 Å². The lowest BCUT2D eigenvalue weighted by molar-refractivity contribution is 0.305. The summed E-state index contributed by atoms with van der Waals surface area (Å²) in [6, 6.07) is 28.3. The third-order valence-electron chi connectivity index (χ3n) is 7.77. The molecular weight excluding hydrogens is 544 g/mol. The molecule has 1 aliphatic heterocycles. The topological polar surface area (TPSA) is 33.6 Å². The standard InChI is InChI=1S/C35H33BrN2O/c1-22-7-13-33-32(18-22)30-5-4-6-31(30)35(38-33)26-8-11-29(12-9-26)37-20-27-19-28(36)10-14-34(27)39-21-25-16-23(2)15-24(3)17-25/h4-5,7-20,30-31,35,38H,6,21H2,1-3H3/t30-,31+,35+/m1/s1. The van der Waals surface area contributed by atoms with Gasteiger partial charge in [-0.3, -0.25) is 4.99 Å². The Labute approximate surface area is 239 Å². The summed E-state index contributed by atoms with van der Waals surface area (Å²) in [5, 5.41) is 3.84. The normalized spacial score (nSPS) is 19.5. The summed E-state index contributed by atoms with van der Waals surface area (Å²) in [6.07, 6.45) is 7.74. The van der Waals surface area contributed by atoms with Crippen molar-refractivity contribution in [3.8, 4) is 5.75 Å². The van der Waals surface area contributed by atoms with Gasteiger partial charge >= 0.3 is 0 Å². The lowest BCUT2D eigenvalue weighted by Gasteiger charge is -2.37. The molecule has 2 aliphatic rings. The fourth-order valence-electron chi connectivity index (χ4n) is 6.02. The Kier molecular flexibility index (Phi) is 7.14. The molecule has 0 aromatic heterocycles. The lowest BCUT2D eigenvalue weighted by atomic mass is 9.76. The quantitative estimate of drug-likeness (QED) is 0.183. The lowest BCUT2D eigenvalue weighted by Crippen LogP contribution is -2.29. The van der Waals surface area contributed by atoms with Crippen LogP contribution in [0.1, 0.15) is 57.3 Å². The van der Waals surface area contributed by atoms with Gasteiger partial charge in [-0.1, -0.05) is 87.2 Å². The van der Waals surface area contributed by atoms with Crippen molar-refractivity contribution in [2.75, 3.05) is 5.32 Å². The van der Waals surface area contributed by atoms with Gasteiger partial charge in [-0.2, -0.15) is 0 Å². The summed E-state index contributed by atoms with van der Waals surface area (Å²) in [5.41, 5.74) is 10.8. The molecule has 0 spiro atoms. The van der Waals surface area contributed by atoms with Crippen molar-refractivity contribution in [1.82, 2.24) is 0 Å². The molecule has 196 valence electrons. The summed E-state index contributed by atoms with van der Waals surface area (Å²) in [6.45, 7) is 6.93. The van der Waals surface area contributed by atoms with Crippen LogP contribution >= 0.6 is 15.9 Å². The maximum Gasteiger partial charge on any atom is 0.128 e. The monoisotopic (exact) mass is 576 g/mol. The third-order valence-corrected chi connectivity index (χ3v) is 8.26. The number of ether oxygens (including phenoxy) is 1. The van der Waals surface area contributed by atoms with E-state index in [1.807, 2.05) is 24.4 Å².